The summed E-state index contributed by atoms with van der Waals surface area (Å²) in [5.41, 5.74) is 1.00. The molecule has 1 aliphatic rings. The summed E-state index contributed by atoms with van der Waals surface area (Å²) >= 11 is 3.30. The lowest BCUT2D eigenvalue weighted by Gasteiger charge is -2.25. The number of allylic oxidation sites excluding steroid dienone is 2. The maximum atomic E-state index is 12.1. The topological polar surface area (TPSA) is 79.3 Å². The van der Waals surface area contributed by atoms with Gasteiger partial charge in [0, 0.05) is 12.2 Å². The molecule has 0 fully saturated rings. The zero-order valence-corrected chi connectivity index (χ0v) is 16.0. The quantitative estimate of drug-likeness (QED) is 0.403. The molecule has 1 heterocycles. The van der Waals surface area contributed by atoms with Gasteiger partial charge in [-0.05, 0) is 43.7 Å². The van der Waals surface area contributed by atoms with Crippen molar-refractivity contribution >= 4 is 45.2 Å². The molecular weight excluding hydrogens is 368 g/mol. The number of benzene rings is 1. The number of rotatable bonds is 8. The first-order valence-corrected chi connectivity index (χ1v) is 10.6. The number of fused-ring (bicyclic) bond motifs is 1. The molecule has 26 heavy (non-hydrogen) atoms. The minimum Gasteiger partial charge on any atom is -0.480 e. The van der Waals surface area contributed by atoms with E-state index in [0.717, 1.165) is 28.5 Å². The predicted octanol–water partition coefficient (Wildman–Crippen LogP) is 4.09. The van der Waals surface area contributed by atoms with E-state index in [-0.39, 0.29) is 11.8 Å². The van der Waals surface area contributed by atoms with Gasteiger partial charge >= 0.3 is 5.97 Å². The summed E-state index contributed by atoms with van der Waals surface area (Å²) in [5.74, 6) is -0.352. The monoisotopic (exact) mass is 390 g/mol. The summed E-state index contributed by atoms with van der Waals surface area (Å²) in [5, 5.41) is 12.1. The van der Waals surface area contributed by atoms with Crippen molar-refractivity contribution in [1.82, 2.24) is 10.3 Å². The number of carboxylic acid groups (broad SMARTS) is 1. The van der Waals surface area contributed by atoms with Gasteiger partial charge in [-0.1, -0.05) is 36.0 Å². The highest BCUT2D eigenvalue weighted by Crippen LogP contribution is 2.29. The Bertz CT molecular complexity index is 770. The van der Waals surface area contributed by atoms with E-state index in [1.807, 2.05) is 24.3 Å². The van der Waals surface area contributed by atoms with Crippen LogP contribution < -0.4 is 5.32 Å². The van der Waals surface area contributed by atoms with Gasteiger partial charge in [0.2, 0.25) is 5.91 Å². The highest BCUT2D eigenvalue weighted by atomic mass is 32.2. The van der Waals surface area contributed by atoms with Gasteiger partial charge < -0.3 is 10.4 Å². The summed E-state index contributed by atoms with van der Waals surface area (Å²) in [6.07, 6.45) is 7.50. The van der Waals surface area contributed by atoms with Gasteiger partial charge in [0.05, 0.1) is 10.2 Å². The van der Waals surface area contributed by atoms with Crippen LogP contribution in [0.25, 0.3) is 10.2 Å². The first-order valence-electron chi connectivity index (χ1n) is 8.79. The van der Waals surface area contributed by atoms with Crippen LogP contribution in [0.2, 0.25) is 0 Å². The van der Waals surface area contributed by atoms with Gasteiger partial charge in [-0.3, -0.25) is 4.79 Å². The zero-order valence-electron chi connectivity index (χ0n) is 14.4. The van der Waals surface area contributed by atoms with Crippen molar-refractivity contribution in [2.75, 3.05) is 5.75 Å². The van der Waals surface area contributed by atoms with E-state index in [4.69, 9.17) is 0 Å². The molecule has 5 nitrogen and oxygen atoms in total. The van der Waals surface area contributed by atoms with Crippen LogP contribution >= 0.6 is 23.1 Å². The normalized spacial score (nSPS) is 17.9. The minimum atomic E-state index is -0.942. The van der Waals surface area contributed by atoms with Crippen molar-refractivity contribution in [2.45, 2.75) is 42.5 Å². The summed E-state index contributed by atoms with van der Waals surface area (Å²) in [6.45, 7) is 0. The Labute approximate surface area is 160 Å². The molecule has 1 amide bonds. The van der Waals surface area contributed by atoms with Gasteiger partial charge in [0.1, 0.15) is 6.04 Å². The number of carbonyl (C=O) groups excluding carboxylic acids is 1. The molecule has 0 aliphatic heterocycles. The second-order valence-corrected chi connectivity index (χ2v) is 8.70. The number of aromatic nitrogens is 1. The van der Waals surface area contributed by atoms with Gasteiger partial charge in [-0.25, -0.2) is 9.78 Å². The van der Waals surface area contributed by atoms with E-state index < -0.39 is 12.0 Å². The maximum Gasteiger partial charge on any atom is 0.326 e. The minimum absolute atomic E-state index is 0.0152. The van der Waals surface area contributed by atoms with Crippen molar-refractivity contribution in [2.24, 2.45) is 5.92 Å². The molecular formula is C19H22N2O3S2. The molecule has 0 saturated heterocycles. The zero-order chi connectivity index (χ0) is 18.4. The molecule has 2 N–H and O–H groups in total. The van der Waals surface area contributed by atoms with Gasteiger partial charge in [0.15, 0.2) is 4.34 Å². The van der Waals surface area contributed by atoms with Crippen LogP contribution in [0.1, 0.15) is 32.1 Å². The van der Waals surface area contributed by atoms with Crippen molar-refractivity contribution < 1.29 is 14.7 Å². The summed E-state index contributed by atoms with van der Waals surface area (Å²) < 4.78 is 2.17. The lowest BCUT2D eigenvalue weighted by Crippen LogP contribution is -2.46. The number of nitrogens with zero attached hydrogens (tertiary/aromatic N) is 1. The largest absolute Gasteiger partial charge is 0.480 e. The Morgan fingerprint density at radius 1 is 1.35 bits per heavy atom. The molecule has 138 valence electrons. The highest BCUT2D eigenvalue weighted by Gasteiger charge is 2.29. The van der Waals surface area contributed by atoms with Crippen LogP contribution in [-0.2, 0) is 9.59 Å². The van der Waals surface area contributed by atoms with Crippen LogP contribution in [0.3, 0.4) is 0 Å². The van der Waals surface area contributed by atoms with Crippen molar-refractivity contribution in [1.29, 1.82) is 0 Å². The lowest BCUT2D eigenvalue weighted by molar-refractivity contribution is -0.143. The number of hydrogen-bond donors (Lipinski definition) is 2. The van der Waals surface area contributed by atoms with Gasteiger partial charge in [-0.2, -0.15) is 0 Å². The highest BCUT2D eigenvalue weighted by molar-refractivity contribution is 8.01. The maximum absolute atomic E-state index is 12.1. The summed E-state index contributed by atoms with van der Waals surface area (Å²) in [4.78, 5) is 28.2. The first kappa shape index (κ1) is 18.9. The fourth-order valence-electron chi connectivity index (χ4n) is 3.05. The molecule has 0 saturated carbocycles. The molecule has 7 heteroatoms. The fourth-order valence-corrected chi connectivity index (χ4v) is 5.13. The Morgan fingerprint density at radius 3 is 2.92 bits per heavy atom. The van der Waals surface area contributed by atoms with Crippen molar-refractivity contribution in [3.8, 4) is 0 Å². The number of carbonyl (C=O) groups is 2. The Hall–Kier alpha value is -1.86. The Morgan fingerprint density at radius 2 is 2.19 bits per heavy atom. The van der Waals surface area contributed by atoms with Crippen LogP contribution in [-0.4, -0.2) is 33.8 Å². The number of aliphatic carboxylic acids is 1. The summed E-state index contributed by atoms with van der Waals surface area (Å²) in [7, 11) is 0. The van der Waals surface area contributed by atoms with Crippen molar-refractivity contribution in [3.63, 3.8) is 0 Å². The predicted molar refractivity (Wildman–Crippen MR) is 106 cm³/mol. The fraction of sp³-hybridized carbons (Fsp3) is 0.421. The van der Waals surface area contributed by atoms with Crippen LogP contribution in [0, 0.1) is 5.92 Å². The molecule has 3 rings (SSSR count). The number of thioether (sulfide) groups is 1. The molecule has 0 bridgehead atoms. The lowest BCUT2D eigenvalue weighted by atomic mass is 9.87. The van der Waals surface area contributed by atoms with E-state index in [9.17, 15) is 14.7 Å². The Balaban J connectivity index is 1.42. The van der Waals surface area contributed by atoms with E-state index in [2.05, 4.69) is 22.4 Å². The average Bonchev–Trinajstić information content (AvgIpc) is 3.06. The second kappa shape index (κ2) is 9.19. The molecule has 2 unspecified atom stereocenters. The van der Waals surface area contributed by atoms with Crippen molar-refractivity contribution in [3.05, 3.63) is 36.4 Å². The van der Waals surface area contributed by atoms with Crippen LogP contribution in [0.5, 0.6) is 0 Å². The first-order chi connectivity index (χ1) is 12.6. The third kappa shape index (κ3) is 5.08. The molecule has 0 radical (unpaired) electrons. The molecule has 1 aliphatic carbocycles. The molecule has 1 aromatic carbocycles. The van der Waals surface area contributed by atoms with Gasteiger partial charge in [-0.15, -0.1) is 11.3 Å². The smallest absolute Gasteiger partial charge is 0.326 e. The summed E-state index contributed by atoms with van der Waals surface area (Å²) in [6, 6.07) is 7.24. The number of carboxylic acids is 1. The standard InChI is InChI=1S/C19H22N2O3S2/c22-16(21-17(18(23)24)13-7-2-1-3-8-13)11-6-12-25-19-20-14-9-4-5-10-15(14)26-19/h1-2,4-5,9-10,13,17H,3,6-8,11-12H2,(H,21,22)(H,23,24). The van der Waals surface area contributed by atoms with E-state index in [1.54, 1.807) is 23.1 Å². The number of para-hydroxylation sites is 1. The Kier molecular flexibility index (Phi) is 6.68. The third-order valence-electron chi connectivity index (χ3n) is 4.41. The van der Waals surface area contributed by atoms with Crippen LogP contribution in [0.15, 0.2) is 40.8 Å². The average molecular weight is 391 g/mol. The number of nitrogens with one attached hydrogen (secondary N) is 1. The van der Waals surface area contributed by atoms with E-state index >= 15 is 0 Å². The van der Waals surface area contributed by atoms with E-state index in [0.29, 0.717) is 19.3 Å². The second-order valence-electron chi connectivity index (χ2n) is 6.33. The SMILES string of the molecule is O=C(CCCSc1nc2ccccc2s1)NC(C(=O)O)C1CC=CCC1. The van der Waals surface area contributed by atoms with E-state index in [1.165, 1.54) is 4.70 Å². The number of hydrogen-bond acceptors (Lipinski definition) is 5. The molecule has 0 spiro atoms. The third-order valence-corrected chi connectivity index (χ3v) is 6.68. The van der Waals surface area contributed by atoms with Gasteiger partial charge in [0.25, 0.3) is 0 Å². The number of thiazole rings is 1. The molecule has 2 atom stereocenters. The molecule has 2 aromatic rings. The molecule has 1 aromatic heterocycles. The number of amides is 1. The van der Waals surface area contributed by atoms with Crippen LogP contribution in [0.4, 0.5) is 0 Å².